The van der Waals surface area contributed by atoms with Crippen molar-refractivity contribution in [1.82, 2.24) is 25.1 Å². The summed E-state index contributed by atoms with van der Waals surface area (Å²) in [6.07, 6.45) is 5.03. The largest absolute Gasteiger partial charge is 0.497 e. The Morgan fingerprint density at radius 2 is 1.91 bits per heavy atom. The zero-order chi connectivity index (χ0) is 22.5. The second-order valence-corrected chi connectivity index (χ2v) is 8.12. The van der Waals surface area contributed by atoms with Crippen LogP contribution in [0, 0.1) is 13.8 Å². The second-order valence-electron chi connectivity index (χ2n) is 8.12. The lowest BCUT2D eigenvalue weighted by atomic mass is 10.1. The summed E-state index contributed by atoms with van der Waals surface area (Å²) >= 11 is 0. The number of benzene rings is 1. The van der Waals surface area contributed by atoms with Gasteiger partial charge in [0, 0.05) is 37.8 Å². The average molecular weight is 435 g/mol. The summed E-state index contributed by atoms with van der Waals surface area (Å²) in [5.41, 5.74) is 4.02. The smallest absolute Gasteiger partial charge is 0.220 e. The highest BCUT2D eigenvalue weighted by atomic mass is 16.5. The Hall–Kier alpha value is -3.42. The topological polar surface area (TPSA) is 85.2 Å². The SMILES string of the molecule is COc1cccc(CNC(=O)CCc2c(C)nn(-c3cc(N4CCCC4)ncn3)c2C)c1. The molecule has 1 N–H and O–H groups in total. The first-order valence-corrected chi connectivity index (χ1v) is 11.1. The highest BCUT2D eigenvalue weighted by molar-refractivity contribution is 5.76. The van der Waals surface area contributed by atoms with E-state index in [4.69, 9.17) is 9.84 Å². The van der Waals surface area contributed by atoms with Crippen LogP contribution < -0.4 is 15.0 Å². The number of nitrogens with one attached hydrogen (secondary N) is 1. The molecule has 0 saturated carbocycles. The van der Waals surface area contributed by atoms with Gasteiger partial charge in [0.15, 0.2) is 5.82 Å². The lowest BCUT2D eigenvalue weighted by Crippen LogP contribution is -2.23. The van der Waals surface area contributed by atoms with Crippen LogP contribution in [0.5, 0.6) is 5.75 Å². The van der Waals surface area contributed by atoms with Crippen LogP contribution in [-0.4, -0.2) is 45.9 Å². The second kappa shape index (κ2) is 9.80. The van der Waals surface area contributed by atoms with Crippen LogP contribution in [0.25, 0.3) is 5.82 Å². The van der Waals surface area contributed by atoms with Crippen molar-refractivity contribution in [2.24, 2.45) is 0 Å². The molecule has 2 aromatic heterocycles. The van der Waals surface area contributed by atoms with E-state index in [1.807, 2.05) is 48.9 Å². The van der Waals surface area contributed by atoms with Crippen molar-refractivity contribution in [3.8, 4) is 11.6 Å². The van der Waals surface area contributed by atoms with Crippen molar-refractivity contribution in [2.45, 2.75) is 46.1 Å². The number of hydrogen-bond acceptors (Lipinski definition) is 6. The Kier molecular flexibility index (Phi) is 6.68. The Balaban J connectivity index is 1.40. The molecule has 1 aliphatic rings. The van der Waals surface area contributed by atoms with Gasteiger partial charge in [-0.15, -0.1) is 0 Å². The minimum Gasteiger partial charge on any atom is -0.497 e. The summed E-state index contributed by atoms with van der Waals surface area (Å²) < 4.78 is 7.10. The molecule has 8 nitrogen and oxygen atoms in total. The van der Waals surface area contributed by atoms with Crippen molar-refractivity contribution >= 4 is 11.7 Å². The Morgan fingerprint density at radius 1 is 1.12 bits per heavy atom. The van der Waals surface area contributed by atoms with Gasteiger partial charge in [0.05, 0.1) is 12.8 Å². The van der Waals surface area contributed by atoms with E-state index in [9.17, 15) is 4.79 Å². The number of aromatic nitrogens is 4. The fourth-order valence-corrected chi connectivity index (χ4v) is 4.14. The summed E-state index contributed by atoms with van der Waals surface area (Å²) in [6, 6.07) is 9.70. The van der Waals surface area contributed by atoms with Crippen molar-refractivity contribution in [1.29, 1.82) is 0 Å². The number of hydrogen-bond donors (Lipinski definition) is 1. The third-order valence-electron chi connectivity index (χ3n) is 5.95. The zero-order valence-electron chi connectivity index (χ0n) is 19.0. The summed E-state index contributed by atoms with van der Waals surface area (Å²) in [7, 11) is 1.64. The molecule has 3 heterocycles. The Labute approximate surface area is 188 Å². The maximum absolute atomic E-state index is 12.4. The van der Waals surface area contributed by atoms with E-state index in [0.29, 0.717) is 19.4 Å². The third-order valence-corrected chi connectivity index (χ3v) is 5.95. The molecule has 3 aromatic rings. The average Bonchev–Trinajstić information content (AvgIpc) is 3.45. The number of ether oxygens (including phenoxy) is 1. The van der Waals surface area contributed by atoms with Gasteiger partial charge in [-0.05, 0) is 56.4 Å². The van der Waals surface area contributed by atoms with E-state index in [1.54, 1.807) is 13.4 Å². The minimum atomic E-state index is 0.0118. The fourth-order valence-electron chi connectivity index (χ4n) is 4.14. The number of amides is 1. The predicted molar refractivity (Wildman–Crippen MR) is 123 cm³/mol. The monoisotopic (exact) mass is 434 g/mol. The van der Waals surface area contributed by atoms with Crippen molar-refractivity contribution in [2.75, 3.05) is 25.1 Å². The van der Waals surface area contributed by atoms with E-state index in [1.165, 1.54) is 12.8 Å². The maximum Gasteiger partial charge on any atom is 0.220 e. The number of nitrogens with zero attached hydrogens (tertiary/aromatic N) is 5. The summed E-state index contributed by atoms with van der Waals surface area (Å²) in [4.78, 5) is 23.6. The lowest BCUT2D eigenvalue weighted by Gasteiger charge is -2.16. The maximum atomic E-state index is 12.4. The van der Waals surface area contributed by atoms with Gasteiger partial charge in [-0.3, -0.25) is 4.79 Å². The third kappa shape index (κ3) is 4.90. The van der Waals surface area contributed by atoms with Crippen LogP contribution in [-0.2, 0) is 17.8 Å². The molecule has 0 atom stereocenters. The molecule has 0 bridgehead atoms. The van der Waals surface area contributed by atoms with Crippen molar-refractivity contribution in [3.63, 3.8) is 0 Å². The van der Waals surface area contributed by atoms with Gasteiger partial charge in [-0.1, -0.05) is 12.1 Å². The van der Waals surface area contributed by atoms with Crippen molar-refractivity contribution in [3.05, 3.63) is 59.2 Å². The van der Waals surface area contributed by atoms with Crippen LogP contribution in [0.15, 0.2) is 36.7 Å². The van der Waals surface area contributed by atoms with E-state index < -0.39 is 0 Å². The highest BCUT2D eigenvalue weighted by Gasteiger charge is 2.18. The molecule has 1 amide bonds. The fraction of sp³-hybridized carbons (Fsp3) is 0.417. The molecule has 0 unspecified atom stereocenters. The number of aryl methyl sites for hydroxylation is 1. The lowest BCUT2D eigenvalue weighted by molar-refractivity contribution is -0.121. The molecular weight excluding hydrogens is 404 g/mol. The quantitative estimate of drug-likeness (QED) is 0.586. The Morgan fingerprint density at radius 3 is 2.69 bits per heavy atom. The van der Waals surface area contributed by atoms with E-state index in [0.717, 1.165) is 53.0 Å². The molecule has 32 heavy (non-hydrogen) atoms. The molecule has 0 radical (unpaired) electrons. The summed E-state index contributed by atoms with van der Waals surface area (Å²) in [5.74, 6) is 2.50. The molecule has 1 saturated heterocycles. The molecule has 0 aliphatic carbocycles. The van der Waals surface area contributed by atoms with Crippen LogP contribution >= 0.6 is 0 Å². The van der Waals surface area contributed by atoms with Crippen LogP contribution in [0.4, 0.5) is 5.82 Å². The van der Waals surface area contributed by atoms with Gasteiger partial charge >= 0.3 is 0 Å². The first-order valence-electron chi connectivity index (χ1n) is 11.1. The van der Waals surface area contributed by atoms with E-state index in [-0.39, 0.29) is 5.91 Å². The zero-order valence-corrected chi connectivity index (χ0v) is 19.0. The molecule has 1 aliphatic heterocycles. The van der Waals surface area contributed by atoms with Crippen LogP contribution in [0.3, 0.4) is 0 Å². The summed E-state index contributed by atoms with van der Waals surface area (Å²) in [5, 5.41) is 7.69. The van der Waals surface area contributed by atoms with E-state index in [2.05, 4.69) is 20.2 Å². The first kappa shape index (κ1) is 21.8. The summed E-state index contributed by atoms with van der Waals surface area (Å²) in [6.45, 7) is 6.55. The minimum absolute atomic E-state index is 0.0118. The number of carbonyl (C=O) groups excluding carboxylic acids is 1. The molecule has 1 aromatic carbocycles. The number of carbonyl (C=O) groups is 1. The van der Waals surface area contributed by atoms with E-state index >= 15 is 0 Å². The normalized spacial score (nSPS) is 13.4. The standard InChI is InChI=1S/C24H30N6O2/c1-17-21(9-10-24(31)25-15-19-7-6-8-20(13-19)32-3)18(2)30(28-17)23-14-22(26-16-27-23)29-11-4-5-12-29/h6-8,13-14,16H,4-5,9-12,15H2,1-3H3,(H,25,31). The first-order chi connectivity index (χ1) is 15.5. The molecule has 8 heteroatoms. The Bertz CT molecular complexity index is 1090. The number of methoxy groups -OCH3 is 1. The van der Waals surface area contributed by atoms with Gasteiger partial charge in [-0.2, -0.15) is 5.10 Å². The van der Waals surface area contributed by atoms with Gasteiger partial charge in [0.25, 0.3) is 0 Å². The van der Waals surface area contributed by atoms with Crippen molar-refractivity contribution < 1.29 is 9.53 Å². The number of rotatable bonds is 8. The molecule has 1 fully saturated rings. The molecule has 168 valence electrons. The number of anilines is 1. The molecule has 0 spiro atoms. The van der Waals surface area contributed by atoms with Crippen LogP contribution in [0.1, 0.15) is 41.8 Å². The predicted octanol–water partition coefficient (Wildman–Crippen LogP) is 3.14. The van der Waals surface area contributed by atoms with Gasteiger partial charge < -0.3 is 15.0 Å². The van der Waals surface area contributed by atoms with Crippen LogP contribution in [0.2, 0.25) is 0 Å². The van der Waals surface area contributed by atoms with Gasteiger partial charge in [-0.25, -0.2) is 14.6 Å². The molecule has 4 rings (SSSR count). The van der Waals surface area contributed by atoms with Gasteiger partial charge in [0.2, 0.25) is 5.91 Å². The van der Waals surface area contributed by atoms with Gasteiger partial charge in [0.1, 0.15) is 17.9 Å². The highest BCUT2D eigenvalue weighted by Crippen LogP contribution is 2.22. The molecular formula is C24H30N6O2.